The van der Waals surface area contributed by atoms with Crippen molar-refractivity contribution in [2.45, 2.75) is 61.7 Å². The third kappa shape index (κ3) is 2.09. The van der Waals surface area contributed by atoms with E-state index in [4.69, 9.17) is 14.2 Å². The van der Waals surface area contributed by atoms with Gasteiger partial charge in [0.1, 0.15) is 11.7 Å². The fourth-order valence-electron chi connectivity index (χ4n) is 8.25. The minimum atomic E-state index is -0.921. The lowest BCUT2D eigenvalue weighted by molar-refractivity contribution is -0.199. The largest absolute Gasteiger partial charge is 0.493 e. The van der Waals surface area contributed by atoms with Crippen molar-refractivity contribution in [3.63, 3.8) is 0 Å². The molecule has 7 heteroatoms. The molecule has 2 saturated carbocycles. The zero-order valence-corrected chi connectivity index (χ0v) is 19.4. The van der Waals surface area contributed by atoms with E-state index >= 15 is 0 Å². The monoisotopic (exact) mass is 459 g/mol. The molecule has 3 fully saturated rings. The summed E-state index contributed by atoms with van der Waals surface area (Å²) < 4.78 is 18.6. The van der Waals surface area contributed by atoms with Gasteiger partial charge >= 0.3 is 5.97 Å². The summed E-state index contributed by atoms with van der Waals surface area (Å²) >= 11 is 0. The predicted molar refractivity (Wildman–Crippen MR) is 120 cm³/mol. The molecule has 7 aliphatic rings. The van der Waals surface area contributed by atoms with E-state index in [1.807, 2.05) is 6.07 Å². The first-order chi connectivity index (χ1) is 15.0. The molecule has 2 spiro atoms. The number of benzene rings is 1. The van der Waals surface area contributed by atoms with Gasteiger partial charge in [0.15, 0.2) is 11.5 Å². The summed E-state index contributed by atoms with van der Waals surface area (Å²) in [6.07, 6.45) is 8.01. The van der Waals surface area contributed by atoms with Gasteiger partial charge in [0, 0.05) is 30.7 Å². The Morgan fingerprint density at radius 3 is 2.75 bits per heavy atom. The van der Waals surface area contributed by atoms with Crippen LogP contribution in [-0.4, -0.2) is 61.0 Å². The van der Waals surface area contributed by atoms with E-state index in [1.54, 1.807) is 14.2 Å². The summed E-state index contributed by atoms with van der Waals surface area (Å²) in [7, 11) is 3.33. The summed E-state index contributed by atoms with van der Waals surface area (Å²) in [6.45, 7) is 2.17. The van der Waals surface area contributed by atoms with Gasteiger partial charge in [0.05, 0.1) is 18.1 Å². The number of halogens is 1. The van der Waals surface area contributed by atoms with Gasteiger partial charge in [-0.2, -0.15) is 0 Å². The van der Waals surface area contributed by atoms with Crippen LogP contribution in [0.5, 0.6) is 11.5 Å². The number of piperidine rings is 1. The van der Waals surface area contributed by atoms with E-state index in [2.05, 4.69) is 17.0 Å². The average Bonchev–Trinajstić information content (AvgIpc) is 3.52. The maximum atomic E-state index is 12.5. The molecule has 2 heterocycles. The van der Waals surface area contributed by atoms with Crippen molar-refractivity contribution in [2.24, 2.45) is 11.3 Å². The fraction of sp³-hybridized carbons (Fsp3) is 0.640. The Bertz CT molecular complexity index is 1050. The summed E-state index contributed by atoms with van der Waals surface area (Å²) in [4.78, 5) is 15.2. The van der Waals surface area contributed by atoms with Crippen LogP contribution >= 0.6 is 12.4 Å². The Hall–Kier alpha value is -1.76. The third-order valence-corrected chi connectivity index (χ3v) is 9.61. The van der Waals surface area contributed by atoms with Crippen LogP contribution < -0.4 is 9.47 Å². The Kier molecular flexibility index (Phi) is 4.18. The topological polar surface area (TPSA) is 68.2 Å². The van der Waals surface area contributed by atoms with Crippen molar-refractivity contribution >= 4 is 18.4 Å². The van der Waals surface area contributed by atoms with Gasteiger partial charge in [-0.05, 0) is 62.6 Å². The minimum absolute atomic E-state index is 0. The molecular formula is C25H30ClNO5. The lowest BCUT2D eigenvalue weighted by Crippen LogP contribution is -2.78. The smallest absolute Gasteiger partial charge is 0.334 e. The second kappa shape index (κ2) is 6.43. The van der Waals surface area contributed by atoms with E-state index < -0.39 is 11.6 Å². The normalized spacial score (nSPS) is 40.1. The van der Waals surface area contributed by atoms with Crippen LogP contribution in [0.1, 0.15) is 43.2 Å². The number of methoxy groups -OCH3 is 2. The average molecular weight is 460 g/mol. The van der Waals surface area contributed by atoms with Crippen molar-refractivity contribution in [1.82, 2.24) is 4.90 Å². The molecule has 1 aromatic rings. The van der Waals surface area contributed by atoms with Gasteiger partial charge < -0.3 is 19.3 Å². The Labute approximate surface area is 194 Å². The van der Waals surface area contributed by atoms with Crippen LogP contribution in [0.2, 0.25) is 0 Å². The number of carbonyl (C=O) groups is 1. The van der Waals surface area contributed by atoms with Crippen molar-refractivity contribution in [2.75, 3.05) is 27.3 Å². The SMILES string of the molecule is COc1ccc2c3c1O[C@@H]1[C@]34CCN(CC3CC3)[C@H](C2)[C@@]42C=C(C(=O)O)[C@]1(OC)CC2.Cl. The van der Waals surface area contributed by atoms with Crippen LogP contribution in [0.3, 0.4) is 0 Å². The zero-order chi connectivity index (χ0) is 21.2. The van der Waals surface area contributed by atoms with Crippen molar-refractivity contribution in [3.8, 4) is 11.5 Å². The first-order valence-electron chi connectivity index (χ1n) is 11.6. The molecule has 32 heavy (non-hydrogen) atoms. The number of fused-ring (bicyclic) bond motifs is 1. The molecule has 8 rings (SSSR count). The molecule has 0 unspecified atom stereocenters. The molecule has 5 atom stereocenters. The Balaban J connectivity index is 0.00000196. The molecule has 172 valence electrons. The molecule has 0 amide bonds. The van der Waals surface area contributed by atoms with Crippen LogP contribution in [0.15, 0.2) is 23.8 Å². The highest BCUT2D eigenvalue weighted by Gasteiger charge is 2.79. The second-order valence-electron chi connectivity index (χ2n) is 10.5. The Morgan fingerprint density at radius 2 is 2.06 bits per heavy atom. The number of aliphatic carboxylic acids is 1. The first kappa shape index (κ1) is 20.8. The first-order valence-corrected chi connectivity index (χ1v) is 11.6. The van der Waals surface area contributed by atoms with Gasteiger partial charge in [-0.15, -0.1) is 12.4 Å². The molecule has 1 N–H and O–H groups in total. The standard InChI is InChI=1S/C25H29NO5.ClH/c1-29-17-6-5-15-11-18-23-7-8-25(30-2,16(12-23)21(27)28)22-24(23,19(15)20(17)31-22)9-10-26(18)13-14-3-4-14;/h5-6,12,14,18,22H,3-4,7-11,13H2,1-2H3,(H,27,28);1H/t18-,22-,23-,24+,25-;/m1./s1. The lowest BCUT2D eigenvalue weighted by atomic mass is 9.38. The van der Waals surface area contributed by atoms with Crippen LogP contribution in [-0.2, 0) is 21.4 Å². The summed E-state index contributed by atoms with van der Waals surface area (Å²) in [5.41, 5.74) is 1.62. The predicted octanol–water partition coefficient (Wildman–Crippen LogP) is 3.35. The van der Waals surface area contributed by atoms with E-state index in [0.717, 1.165) is 49.8 Å². The molecule has 2 aliphatic heterocycles. The van der Waals surface area contributed by atoms with Gasteiger partial charge in [-0.3, -0.25) is 4.90 Å². The minimum Gasteiger partial charge on any atom is -0.493 e. The number of hydrogen-bond donors (Lipinski definition) is 1. The number of carboxylic acids is 1. The van der Waals surface area contributed by atoms with E-state index in [1.165, 1.54) is 24.0 Å². The van der Waals surface area contributed by atoms with Crippen LogP contribution in [0.25, 0.3) is 0 Å². The number of likely N-dealkylation sites (tertiary alicyclic amines) is 1. The van der Waals surface area contributed by atoms with Gasteiger partial charge in [0.2, 0.25) is 0 Å². The zero-order valence-electron chi connectivity index (χ0n) is 18.6. The highest BCUT2D eigenvalue weighted by molar-refractivity contribution is 5.91. The highest BCUT2D eigenvalue weighted by atomic mass is 35.5. The second-order valence-corrected chi connectivity index (χ2v) is 10.5. The number of carboxylic acid groups (broad SMARTS) is 1. The van der Waals surface area contributed by atoms with E-state index in [-0.39, 0.29) is 29.3 Å². The Morgan fingerprint density at radius 1 is 1.25 bits per heavy atom. The molecule has 0 aromatic heterocycles. The molecule has 4 bridgehead atoms. The highest BCUT2D eigenvalue weighted by Crippen LogP contribution is 2.74. The van der Waals surface area contributed by atoms with Crippen molar-refractivity contribution in [3.05, 3.63) is 34.9 Å². The molecule has 6 nitrogen and oxygen atoms in total. The molecular weight excluding hydrogens is 430 g/mol. The maximum Gasteiger partial charge on any atom is 0.334 e. The van der Waals surface area contributed by atoms with Crippen molar-refractivity contribution < 1.29 is 24.1 Å². The number of rotatable bonds is 5. The van der Waals surface area contributed by atoms with Crippen LogP contribution in [0, 0.1) is 11.3 Å². The quantitative estimate of drug-likeness (QED) is 0.728. The maximum absolute atomic E-state index is 12.5. The third-order valence-electron chi connectivity index (χ3n) is 9.61. The number of ether oxygens (including phenoxy) is 3. The summed E-state index contributed by atoms with van der Waals surface area (Å²) in [6, 6.07) is 4.55. The molecule has 5 aliphatic carbocycles. The van der Waals surface area contributed by atoms with E-state index in [0.29, 0.717) is 18.0 Å². The van der Waals surface area contributed by atoms with E-state index in [9.17, 15) is 9.90 Å². The number of hydrogen-bond acceptors (Lipinski definition) is 5. The van der Waals surface area contributed by atoms with Gasteiger partial charge in [-0.25, -0.2) is 4.79 Å². The fourth-order valence-corrected chi connectivity index (χ4v) is 8.25. The molecule has 1 aromatic carbocycles. The summed E-state index contributed by atoms with van der Waals surface area (Å²) in [5, 5.41) is 10.3. The van der Waals surface area contributed by atoms with Crippen LogP contribution in [0.4, 0.5) is 0 Å². The molecule has 1 saturated heterocycles. The summed E-state index contributed by atoms with van der Waals surface area (Å²) in [5.74, 6) is 1.51. The number of nitrogens with zero attached hydrogens (tertiary/aromatic N) is 1. The lowest BCUT2D eigenvalue weighted by Gasteiger charge is -2.70. The van der Waals surface area contributed by atoms with Gasteiger partial charge in [0.25, 0.3) is 0 Å². The molecule has 0 radical (unpaired) electrons. The van der Waals surface area contributed by atoms with Gasteiger partial charge in [-0.1, -0.05) is 12.1 Å². The van der Waals surface area contributed by atoms with Crippen molar-refractivity contribution in [1.29, 1.82) is 0 Å².